The first-order valence-electron chi connectivity index (χ1n) is 12.6. The number of methoxy groups -OCH3 is 4. The van der Waals surface area contributed by atoms with Gasteiger partial charge >= 0.3 is 51.4 Å². The average molecular weight is 766 g/mol. The third-order valence-electron chi connectivity index (χ3n) is 7.58. The average Bonchev–Trinajstić information content (AvgIpc) is 3.06. The summed E-state index contributed by atoms with van der Waals surface area (Å²) in [6, 6.07) is 0. The van der Waals surface area contributed by atoms with Crippen LogP contribution >= 0.6 is 0 Å². The first-order chi connectivity index (χ1) is 22.9. The van der Waals surface area contributed by atoms with Gasteiger partial charge in [-0.05, 0) is 0 Å². The molecule has 0 aliphatic heterocycles. The predicted molar refractivity (Wildman–Crippen MR) is 136 cm³/mol. The second-order valence-electron chi connectivity index (χ2n) is 9.68. The van der Waals surface area contributed by atoms with E-state index in [1.807, 2.05) is 0 Å². The van der Waals surface area contributed by atoms with E-state index in [1.54, 1.807) is 0 Å². The van der Waals surface area contributed by atoms with E-state index < -0.39 is 144 Å². The fourth-order valence-corrected chi connectivity index (χ4v) is 5.62. The van der Waals surface area contributed by atoms with Gasteiger partial charge in [-0.15, -0.1) is 21.9 Å². The molecule has 50 heavy (non-hydrogen) atoms. The summed E-state index contributed by atoms with van der Waals surface area (Å²) in [4.78, 5) is 0. The molecular weight excluding hydrogens is 754 g/mol. The van der Waals surface area contributed by atoms with Crippen LogP contribution in [0.2, 0.25) is 0 Å². The number of benzene rings is 4. The van der Waals surface area contributed by atoms with Gasteiger partial charge in [-0.25, -0.2) is 35.1 Å². The van der Waals surface area contributed by atoms with Gasteiger partial charge in [0.2, 0.25) is 46.5 Å². The molecule has 0 unspecified atom stereocenters. The molecule has 0 heterocycles. The largest absolute Gasteiger partial charge is 1.00 e. The van der Waals surface area contributed by atoms with Crippen molar-refractivity contribution in [1.82, 2.24) is 0 Å². The number of hydrogen-bond donors (Lipinski definition) is 0. The monoisotopic (exact) mass is 766 g/mol. The molecule has 0 aliphatic carbocycles. The molecule has 264 valence electrons. The van der Waals surface area contributed by atoms with Crippen molar-refractivity contribution in [3.63, 3.8) is 0 Å². The van der Waals surface area contributed by atoms with Crippen LogP contribution in [0.1, 0.15) is 0 Å². The van der Waals surface area contributed by atoms with Crippen LogP contribution in [0, 0.1) is 93.1 Å². The number of halogens is 16. The normalized spacial score (nSPS) is 11.4. The van der Waals surface area contributed by atoms with Gasteiger partial charge in [-0.3, -0.25) is 0 Å². The van der Waals surface area contributed by atoms with Crippen molar-refractivity contribution in [1.29, 1.82) is 0 Å². The van der Waals surface area contributed by atoms with Crippen LogP contribution < -0.4 is 92.2 Å². The van der Waals surface area contributed by atoms with E-state index in [1.165, 1.54) is 0 Å². The molecule has 0 fully saturated rings. The Balaban J connectivity index is 0.00000676. The molecule has 0 amide bonds. The Bertz CT molecular complexity index is 1650. The Morgan fingerprint density at radius 3 is 0.480 bits per heavy atom. The summed E-state index contributed by atoms with van der Waals surface area (Å²) in [6.07, 6.45) is -6.80. The topological polar surface area (TPSA) is 36.9 Å². The number of rotatable bonds is 8. The summed E-state index contributed by atoms with van der Waals surface area (Å²) in [5.74, 6) is -57.7. The molecule has 22 heteroatoms. The van der Waals surface area contributed by atoms with Crippen molar-refractivity contribution in [2.75, 3.05) is 28.4 Å². The van der Waals surface area contributed by atoms with Crippen molar-refractivity contribution in [2.45, 2.75) is 0 Å². The number of hydrogen-bond acceptors (Lipinski definition) is 4. The second-order valence-corrected chi connectivity index (χ2v) is 9.68. The SMILES string of the molecule is COc1c(F)c(F)c([B-](c2c(F)c(F)c(OC)c(F)c2F)(c2c(F)c(F)c(OC)c(F)c2F)c2c(F)c(F)c(OC)c(F)c2F)c(F)c1F.[K+]. The maximum Gasteiger partial charge on any atom is 1.00 e. The maximum absolute atomic E-state index is 16.1. The predicted octanol–water partition coefficient (Wildman–Crippen LogP) is 2.33. The van der Waals surface area contributed by atoms with E-state index in [2.05, 4.69) is 18.9 Å². The van der Waals surface area contributed by atoms with Gasteiger partial charge in [0.15, 0.2) is 23.0 Å². The molecule has 0 saturated carbocycles. The molecule has 0 spiro atoms. The van der Waals surface area contributed by atoms with Crippen molar-refractivity contribution < 1.29 is 141 Å². The van der Waals surface area contributed by atoms with E-state index in [0.29, 0.717) is 28.4 Å². The molecule has 4 rings (SSSR count). The molecule has 4 aromatic carbocycles. The molecule has 4 aromatic rings. The second kappa shape index (κ2) is 14.7. The molecule has 0 bridgehead atoms. The summed E-state index contributed by atoms with van der Waals surface area (Å²) >= 11 is 0. The summed E-state index contributed by atoms with van der Waals surface area (Å²) in [5, 5.41) is 0. The quantitative estimate of drug-likeness (QED) is 0.157. The summed E-state index contributed by atoms with van der Waals surface area (Å²) in [5.41, 5.74) is -12.6. The van der Waals surface area contributed by atoms with E-state index in [0.717, 1.165) is 0 Å². The van der Waals surface area contributed by atoms with Crippen molar-refractivity contribution in [2.24, 2.45) is 0 Å². The Labute approximate surface area is 311 Å². The zero-order valence-corrected chi connectivity index (χ0v) is 28.4. The molecule has 0 atom stereocenters. The van der Waals surface area contributed by atoms with Gasteiger partial charge < -0.3 is 18.9 Å². The van der Waals surface area contributed by atoms with Crippen LogP contribution in [0.5, 0.6) is 23.0 Å². The van der Waals surface area contributed by atoms with E-state index in [9.17, 15) is 0 Å². The fourth-order valence-electron chi connectivity index (χ4n) is 5.62. The third-order valence-corrected chi connectivity index (χ3v) is 7.58. The minimum Gasteiger partial charge on any atom is -0.491 e. The molecule has 0 N–H and O–H groups in total. The van der Waals surface area contributed by atoms with Gasteiger partial charge in [-0.2, -0.15) is 35.1 Å². The van der Waals surface area contributed by atoms with Crippen LogP contribution in [0.15, 0.2) is 0 Å². The molecule has 0 aliphatic rings. The Morgan fingerprint density at radius 1 is 0.260 bits per heavy atom. The van der Waals surface area contributed by atoms with Crippen LogP contribution in [0.4, 0.5) is 70.2 Å². The van der Waals surface area contributed by atoms with Crippen molar-refractivity contribution in [3.05, 3.63) is 93.1 Å². The van der Waals surface area contributed by atoms with Crippen molar-refractivity contribution in [3.8, 4) is 23.0 Å². The molecule has 4 nitrogen and oxygen atoms in total. The van der Waals surface area contributed by atoms with Gasteiger partial charge in [0, 0.05) is 0 Å². The standard InChI is InChI=1S/C28H12BF16O4.K/c1-46-25-17(38)9(30)5(10(31)18(25)39)29(6-11(32)19(40)26(47-2)20(41)12(6)33,7-13(34)21(42)27(48-3)22(43)14(7)35)8-15(36)23(44)28(49-4)24(45)16(8)37;/h1-4H3;/q-1;+1. The zero-order valence-electron chi connectivity index (χ0n) is 25.3. The Hall–Kier alpha value is -3.34. The first kappa shape index (κ1) is 41.1. The van der Waals surface area contributed by atoms with E-state index in [4.69, 9.17) is 0 Å². The van der Waals surface area contributed by atoms with Crippen LogP contribution in [0.25, 0.3) is 0 Å². The van der Waals surface area contributed by atoms with Gasteiger partial charge in [0.1, 0.15) is 52.7 Å². The minimum atomic E-state index is -6.80. The van der Waals surface area contributed by atoms with Gasteiger partial charge in [0.05, 0.1) is 28.4 Å². The third kappa shape index (κ3) is 5.48. The fraction of sp³-hybridized carbons (Fsp3) is 0.143. The molecule has 0 saturated heterocycles. The summed E-state index contributed by atoms with van der Waals surface area (Å²) < 4.78 is 267. The zero-order chi connectivity index (χ0) is 37.2. The minimum absolute atomic E-state index is 0. The summed E-state index contributed by atoms with van der Waals surface area (Å²) in [7, 11) is 1.31. The van der Waals surface area contributed by atoms with Crippen LogP contribution in [0.3, 0.4) is 0 Å². The Kier molecular flexibility index (Phi) is 12.1. The van der Waals surface area contributed by atoms with Crippen LogP contribution in [-0.2, 0) is 0 Å². The smallest absolute Gasteiger partial charge is 0.491 e. The number of ether oxygens (including phenoxy) is 4. The molecule has 0 aromatic heterocycles. The van der Waals surface area contributed by atoms with E-state index >= 15 is 70.2 Å². The summed E-state index contributed by atoms with van der Waals surface area (Å²) in [6.45, 7) is 0. The molecular formula is C28H12BF16KO4. The van der Waals surface area contributed by atoms with Crippen LogP contribution in [-0.4, -0.2) is 34.6 Å². The Morgan fingerprint density at radius 2 is 0.380 bits per heavy atom. The molecule has 0 radical (unpaired) electrons. The van der Waals surface area contributed by atoms with Crippen molar-refractivity contribution >= 4 is 28.0 Å². The van der Waals surface area contributed by atoms with E-state index in [-0.39, 0.29) is 51.4 Å². The van der Waals surface area contributed by atoms with Gasteiger partial charge in [-0.1, -0.05) is 0 Å². The van der Waals surface area contributed by atoms with Gasteiger partial charge in [0.25, 0.3) is 0 Å². The maximum atomic E-state index is 16.1. The first-order valence-corrected chi connectivity index (χ1v) is 12.6.